The fraction of sp³-hybridized carbons (Fsp3) is 0.296. The quantitative estimate of drug-likeness (QED) is 0.466. The predicted molar refractivity (Wildman–Crippen MR) is 135 cm³/mol. The lowest BCUT2D eigenvalue weighted by molar-refractivity contribution is 0.0930. The molecule has 1 saturated heterocycles. The molecule has 0 unspecified atom stereocenters. The first-order valence-electron chi connectivity index (χ1n) is 11.9. The number of rotatable bonds is 6. The summed E-state index contributed by atoms with van der Waals surface area (Å²) in [6.45, 7) is 7.33. The number of aryl methyl sites for hydroxylation is 1. The summed E-state index contributed by atoms with van der Waals surface area (Å²) in [4.78, 5) is 26.4. The number of carbonyl (C=O) groups excluding carboxylic acids is 1. The van der Waals surface area contributed by atoms with E-state index in [1.165, 1.54) is 6.07 Å². The van der Waals surface area contributed by atoms with Crippen molar-refractivity contribution in [2.24, 2.45) is 0 Å². The van der Waals surface area contributed by atoms with Gasteiger partial charge in [0.1, 0.15) is 5.82 Å². The van der Waals surface area contributed by atoms with Crippen LogP contribution >= 0.6 is 0 Å². The minimum absolute atomic E-state index is 0.185. The van der Waals surface area contributed by atoms with Crippen LogP contribution in [0.2, 0.25) is 0 Å². The Morgan fingerprint density at radius 1 is 1.06 bits per heavy atom. The number of amides is 1. The number of benzene rings is 1. The van der Waals surface area contributed by atoms with Gasteiger partial charge in [-0.05, 0) is 61.5 Å². The van der Waals surface area contributed by atoms with Gasteiger partial charge in [0.2, 0.25) is 5.82 Å². The van der Waals surface area contributed by atoms with Crippen LogP contribution in [0.1, 0.15) is 16.2 Å². The Morgan fingerprint density at radius 3 is 2.69 bits per heavy atom. The van der Waals surface area contributed by atoms with Crippen molar-refractivity contribution >= 4 is 11.4 Å². The Balaban J connectivity index is 1.34. The van der Waals surface area contributed by atoms with Crippen LogP contribution in [-0.4, -0.2) is 76.4 Å². The van der Waals surface area contributed by atoms with Crippen molar-refractivity contribution in [3.63, 3.8) is 0 Å². The van der Waals surface area contributed by atoms with Gasteiger partial charge in [-0.3, -0.25) is 19.1 Å². The Kier molecular flexibility index (Phi) is 6.57. The van der Waals surface area contributed by atoms with Gasteiger partial charge in [-0.15, -0.1) is 0 Å². The van der Waals surface area contributed by atoms with Gasteiger partial charge in [-0.2, -0.15) is 0 Å². The number of likely N-dealkylation sites (N-methyl/N-ethyl adjacent to an activating group) is 1. The van der Waals surface area contributed by atoms with E-state index in [1.54, 1.807) is 29.8 Å². The van der Waals surface area contributed by atoms with E-state index in [1.807, 2.05) is 36.5 Å². The third-order valence-corrected chi connectivity index (χ3v) is 6.59. The van der Waals surface area contributed by atoms with E-state index in [9.17, 15) is 9.18 Å². The van der Waals surface area contributed by atoms with E-state index in [0.717, 1.165) is 60.6 Å². The second kappa shape index (κ2) is 9.93. The van der Waals surface area contributed by atoms with Crippen LogP contribution in [-0.2, 0) is 0 Å². The summed E-state index contributed by atoms with van der Waals surface area (Å²) in [6, 6.07) is 12.8. The van der Waals surface area contributed by atoms with Gasteiger partial charge < -0.3 is 10.2 Å². The standard InChI is InChI=1S/C27H29FN6O/c1-19-16-21(5-6-24(19)28)25-23(4-3-8-29-25)20-7-10-34-22(17-20)18-31-26(34)27(35)30-9-11-33-14-12-32(2)13-15-33/h3-8,10,16-18H,9,11-15H2,1-2H3,(H,30,35). The molecule has 3 aromatic heterocycles. The smallest absolute Gasteiger partial charge is 0.287 e. The fourth-order valence-electron chi connectivity index (χ4n) is 4.47. The van der Waals surface area contributed by atoms with Crippen LogP contribution in [0.3, 0.4) is 0 Å². The number of aromatic nitrogens is 3. The van der Waals surface area contributed by atoms with Crippen molar-refractivity contribution in [1.82, 2.24) is 29.5 Å². The number of carbonyl (C=O) groups is 1. The van der Waals surface area contributed by atoms with Crippen molar-refractivity contribution < 1.29 is 9.18 Å². The minimum Gasteiger partial charge on any atom is -0.348 e. The van der Waals surface area contributed by atoms with Crippen LogP contribution in [0.25, 0.3) is 27.9 Å². The zero-order chi connectivity index (χ0) is 24.4. The minimum atomic E-state index is -0.235. The molecule has 0 bridgehead atoms. The molecule has 8 heteroatoms. The topological polar surface area (TPSA) is 65.8 Å². The number of fused-ring (bicyclic) bond motifs is 1. The lowest BCUT2D eigenvalue weighted by Gasteiger charge is -2.32. The van der Waals surface area contributed by atoms with Crippen molar-refractivity contribution in [2.75, 3.05) is 46.3 Å². The molecule has 7 nitrogen and oxygen atoms in total. The molecule has 1 amide bonds. The van der Waals surface area contributed by atoms with E-state index in [4.69, 9.17) is 0 Å². The van der Waals surface area contributed by atoms with Crippen LogP contribution in [0, 0.1) is 12.7 Å². The molecule has 5 rings (SSSR count). The number of halogens is 1. The van der Waals surface area contributed by atoms with Crippen LogP contribution in [0.15, 0.2) is 61.1 Å². The van der Waals surface area contributed by atoms with Gasteiger partial charge in [0.05, 0.1) is 17.4 Å². The highest BCUT2D eigenvalue weighted by molar-refractivity contribution is 5.92. The van der Waals surface area contributed by atoms with E-state index in [-0.39, 0.29) is 11.7 Å². The highest BCUT2D eigenvalue weighted by Crippen LogP contribution is 2.31. The summed E-state index contributed by atoms with van der Waals surface area (Å²) < 4.78 is 15.6. The normalized spacial score (nSPS) is 14.9. The molecule has 1 N–H and O–H groups in total. The molecule has 4 aromatic rings. The zero-order valence-corrected chi connectivity index (χ0v) is 20.0. The van der Waals surface area contributed by atoms with Gasteiger partial charge in [-0.1, -0.05) is 6.07 Å². The molecule has 1 aliphatic rings. The molecule has 180 valence electrons. The molecule has 35 heavy (non-hydrogen) atoms. The fourth-order valence-corrected chi connectivity index (χ4v) is 4.47. The largest absolute Gasteiger partial charge is 0.348 e. The van der Waals surface area contributed by atoms with E-state index in [2.05, 4.69) is 32.1 Å². The highest BCUT2D eigenvalue weighted by atomic mass is 19.1. The number of hydrogen-bond acceptors (Lipinski definition) is 5. The Bertz CT molecular complexity index is 1360. The molecule has 0 aliphatic carbocycles. The van der Waals surface area contributed by atoms with Gasteiger partial charge in [0.15, 0.2) is 0 Å². The monoisotopic (exact) mass is 472 g/mol. The van der Waals surface area contributed by atoms with Crippen molar-refractivity contribution in [3.05, 3.63) is 78.3 Å². The lowest BCUT2D eigenvalue weighted by atomic mass is 9.99. The number of hydrogen-bond donors (Lipinski definition) is 1. The summed E-state index contributed by atoms with van der Waals surface area (Å²) in [5.41, 5.74) is 4.91. The molecule has 1 aromatic carbocycles. The number of nitrogens with one attached hydrogen (secondary N) is 1. The number of piperazine rings is 1. The molecular weight excluding hydrogens is 443 g/mol. The van der Waals surface area contributed by atoms with E-state index >= 15 is 0 Å². The molecule has 1 aliphatic heterocycles. The molecule has 0 spiro atoms. The molecular formula is C27H29FN6O. The summed E-state index contributed by atoms with van der Waals surface area (Å²) in [7, 11) is 2.13. The molecule has 4 heterocycles. The maximum Gasteiger partial charge on any atom is 0.287 e. The van der Waals surface area contributed by atoms with Crippen LogP contribution in [0.4, 0.5) is 4.39 Å². The zero-order valence-electron chi connectivity index (χ0n) is 20.0. The summed E-state index contributed by atoms with van der Waals surface area (Å²) >= 11 is 0. The summed E-state index contributed by atoms with van der Waals surface area (Å²) in [5, 5.41) is 3.00. The van der Waals surface area contributed by atoms with Gasteiger partial charge >= 0.3 is 0 Å². The van der Waals surface area contributed by atoms with E-state index in [0.29, 0.717) is 17.9 Å². The lowest BCUT2D eigenvalue weighted by Crippen LogP contribution is -2.47. The van der Waals surface area contributed by atoms with E-state index < -0.39 is 0 Å². The number of pyridine rings is 2. The third-order valence-electron chi connectivity index (χ3n) is 6.59. The Hall–Kier alpha value is -3.62. The van der Waals surface area contributed by atoms with Gasteiger partial charge in [-0.25, -0.2) is 9.37 Å². The Morgan fingerprint density at radius 2 is 1.89 bits per heavy atom. The van der Waals surface area contributed by atoms with Crippen molar-refractivity contribution in [1.29, 1.82) is 0 Å². The van der Waals surface area contributed by atoms with Crippen LogP contribution in [0.5, 0.6) is 0 Å². The van der Waals surface area contributed by atoms with Gasteiger partial charge in [0, 0.05) is 62.8 Å². The average molecular weight is 473 g/mol. The third kappa shape index (κ3) is 4.94. The molecule has 0 atom stereocenters. The maximum absolute atomic E-state index is 13.8. The first-order valence-corrected chi connectivity index (χ1v) is 11.9. The second-order valence-electron chi connectivity index (χ2n) is 9.06. The molecule has 0 radical (unpaired) electrons. The Labute approximate surface area is 204 Å². The predicted octanol–water partition coefficient (Wildman–Crippen LogP) is 3.49. The first kappa shape index (κ1) is 23.1. The summed E-state index contributed by atoms with van der Waals surface area (Å²) in [5.74, 6) is -0.0533. The maximum atomic E-state index is 13.8. The van der Waals surface area contributed by atoms with Crippen molar-refractivity contribution in [2.45, 2.75) is 6.92 Å². The van der Waals surface area contributed by atoms with Crippen molar-refractivity contribution in [3.8, 4) is 22.4 Å². The van der Waals surface area contributed by atoms with Crippen LogP contribution < -0.4 is 5.32 Å². The average Bonchev–Trinajstić information content (AvgIpc) is 3.30. The number of imidazole rings is 1. The molecule has 1 fully saturated rings. The number of nitrogens with zero attached hydrogens (tertiary/aromatic N) is 5. The second-order valence-corrected chi connectivity index (χ2v) is 9.06. The summed E-state index contributed by atoms with van der Waals surface area (Å²) in [6.07, 6.45) is 5.30. The molecule has 0 saturated carbocycles. The first-order chi connectivity index (χ1) is 17.0. The highest BCUT2D eigenvalue weighted by Gasteiger charge is 2.17. The van der Waals surface area contributed by atoms with Gasteiger partial charge in [0.25, 0.3) is 5.91 Å². The SMILES string of the molecule is Cc1cc(-c2ncccc2-c2ccn3c(C(=O)NCCN4CCN(C)CC4)ncc3c2)ccc1F.